The fourth-order valence-corrected chi connectivity index (χ4v) is 3.93. The summed E-state index contributed by atoms with van der Waals surface area (Å²) in [4.78, 5) is -0.207. The molecule has 23 heavy (non-hydrogen) atoms. The number of ether oxygens (including phenoxy) is 1. The lowest BCUT2D eigenvalue weighted by Crippen LogP contribution is -2.24. The van der Waals surface area contributed by atoms with Crippen molar-refractivity contribution in [3.63, 3.8) is 0 Å². The largest absolute Gasteiger partial charge is 0.495 e. The van der Waals surface area contributed by atoms with Gasteiger partial charge in [-0.25, -0.2) is 17.5 Å². The van der Waals surface area contributed by atoms with Crippen LogP contribution in [0.5, 0.6) is 5.75 Å². The molecule has 2 aromatic rings. The fourth-order valence-electron chi connectivity index (χ4n) is 2.74. The molecule has 1 aliphatic heterocycles. The van der Waals surface area contributed by atoms with E-state index in [0.29, 0.717) is 0 Å². The zero-order valence-electron chi connectivity index (χ0n) is 12.8. The molecule has 0 spiro atoms. The van der Waals surface area contributed by atoms with Crippen molar-refractivity contribution in [1.29, 1.82) is 0 Å². The Hall–Kier alpha value is -1.93. The zero-order chi connectivity index (χ0) is 16.4. The second kappa shape index (κ2) is 6.29. The van der Waals surface area contributed by atoms with Crippen LogP contribution in [0.15, 0.2) is 29.3 Å². The molecule has 8 heteroatoms. The van der Waals surface area contributed by atoms with Crippen molar-refractivity contribution < 1.29 is 17.5 Å². The maximum absolute atomic E-state index is 13.4. The molecule has 0 unspecified atom stereocenters. The van der Waals surface area contributed by atoms with Gasteiger partial charge in [0.25, 0.3) is 0 Å². The predicted molar refractivity (Wildman–Crippen MR) is 82.1 cm³/mol. The highest BCUT2D eigenvalue weighted by Gasteiger charge is 2.22. The van der Waals surface area contributed by atoms with E-state index in [-0.39, 0.29) is 17.2 Å². The van der Waals surface area contributed by atoms with E-state index >= 15 is 0 Å². The minimum atomic E-state index is -3.88. The number of fused-ring (bicyclic) bond motifs is 1. The van der Waals surface area contributed by atoms with E-state index < -0.39 is 15.8 Å². The lowest BCUT2D eigenvalue weighted by Gasteiger charge is -2.15. The van der Waals surface area contributed by atoms with E-state index in [1.54, 1.807) is 6.20 Å². The van der Waals surface area contributed by atoms with E-state index in [2.05, 4.69) is 9.82 Å². The predicted octanol–water partition coefficient (Wildman–Crippen LogP) is 1.85. The number of nitrogens with one attached hydrogen (secondary N) is 1. The summed E-state index contributed by atoms with van der Waals surface area (Å²) >= 11 is 0. The van der Waals surface area contributed by atoms with Gasteiger partial charge in [-0.2, -0.15) is 5.10 Å². The number of aryl methyl sites for hydroxylation is 1. The second-order valence-electron chi connectivity index (χ2n) is 5.42. The molecule has 0 radical (unpaired) electrons. The number of rotatable bonds is 5. The lowest BCUT2D eigenvalue weighted by molar-refractivity contribution is 0.400. The molecule has 0 amide bonds. The molecule has 0 bridgehead atoms. The molecule has 1 aromatic heterocycles. The van der Waals surface area contributed by atoms with E-state index in [1.165, 1.54) is 13.2 Å². The molecule has 0 saturated carbocycles. The molecule has 1 N–H and O–H groups in total. The van der Waals surface area contributed by atoms with E-state index in [0.717, 1.165) is 49.2 Å². The summed E-state index contributed by atoms with van der Waals surface area (Å²) in [6, 6.07) is 3.41. The minimum absolute atomic E-state index is 0.107. The van der Waals surface area contributed by atoms with Gasteiger partial charge in [-0.15, -0.1) is 0 Å². The molecule has 0 saturated heterocycles. The van der Waals surface area contributed by atoms with Gasteiger partial charge in [0.05, 0.1) is 13.3 Å². The van der Waals surface area contributed by atoms with E-state index in [9.17, 15) is 12.8 Å². The minimum Gasteiger partial charge on any atom is -0.495 e. The Labute approximate surface area is 134 Å². The Morgan fingerprint density at radius 2 is 2.22 bits per heavy atom. The highest BCUT2D eigenvalue weighted by atomic mass is 32.2. The Morgan fingerprint density at radius 3 is 3.00 bits per heavy atom. The third-order valence-electron chi connectivity index (χ3n) is 3.94. The van der Waals surface area contributed by atoms with Gasteiger partial charge in [-0.3, -0.25) is 4.68 Å². The third-order valence-corrected chi connectivity index (χ3v) is 5.36. The van der Waals surface area contributed by atoms with E-state index in [1.807, 2.05) is 4.68 Å². The molecule has 6 nitrogen and oxygen atoms in total. The van der Waals surface area contributed by atoms with Crippen molar-refractivity contribution in [3.05, 3.63) is 41.5 Å². The molecular formula is C15H18FN3O3S. The van der Waals surface area contributed by atoms with Crippen LogP contribution in [0.4, 0.5) is 4.39 Å². The normalized spacial score (nSPS) is 14.5. The van der Waals surface area contributed by atoms with Crippen LogP contribution in [-0.4, -0.2) is 25.3 Å². The molecular weight excluding hydrogens is 321 g/mol. The summed E-state index contributed by atoms with van der Waals surface area (Å²) in [5, 5.41) is 4.28. The maximum Gasteiger partial charge on any atom is 0.244 e. The van der Waals surface area contributed by atoms with Crippen LogP contribution in [0.1, 0.15) is 24.1 Å². The topological polar surface area (TPSA) is 73.2 Å². The van der Waals surface area contributed by atoms with Gasteiger partial charge in [0, 0.05) is 24.3 Å². The summed E-state index contributed by atoms with van der Waals surface area (Å²) in [6.07, 6.45) is 4.73. The Kier molecular flexibility index (Phi) is 4.36. The number of benzene rings is 1. The fraction of sp³-hybridized carbons (Fsp3) is 0.400. The van der Waals surface area contributed by atoms with Gasteiger partial charge < -0.3 is 4.74 Å². The molecule has 0 atom stereocenters. The average Bonchev–Trinajstić information content (AvgIpc) is 2.96. The van der Waals surface area contributed by atoms with Gasteiger partial charge in [-0.1, -0.05) is 0 Å². The van der Waals surface area contributed by atoms with Crippen LogP contribution >= 0.6 is 0 Å². The van der Waals surface area contributed by atoms with Crippen LogP contribution in [0.25, 0.3) is 0 Å². The van der Waals surface area contributed by atoms with Gasteiger partial charge >= 0.3 is 0 Å². The number of nitrogens with zero attached hydrogens (tertiary/aromatic N) is 2. The maximum atomic E-state index is 13.4. The Bertz CT molecular complexity index is 817. The van der Waals surface area contributed by atoms with Crippen molar-refractivity contribution in [2.24, 2.45) is 0 Å². The highest BCUT2D eigenvalue weighted by Crippen LogP contribution is 2.25. The molecule has 0 fully saturated rings. The third kappa shape index (κ3) is 3.23. The average molecular weight is 339 g/mol. The summed E-state index contributed by atoms with van der Waals surface area (Å²) in [5.74, 6) is -0.523. The first kappa shape index (κ1) is 15.9. The number of methoxy groups -OCH3 is 1. The van der Waals surface area contributed by atoms with Crippen molar-refractivity contribution in [2.75, 3.05) is 7.11 Å². The van der Waals surface area contributed by atoms with Crippen molar-refractivity contribution in [3.8, 4) is 5.75 Å². The smallest absolute Gasteiger partial charge is 0.244 e. The van der Waals surface area contributed by atoms with Crippen LogP contribution in [0, 0.1) is 5.82 Å². The summed E-state index contributed by atoms with van der Waals surface area (Å²) in [7, 11) is -2.53. The van der Waals surface area contributed by atoms with E-state index in [4.69, 9.17) is 4.74 Å². The zero-order valence-corrected chi connectivity index (χ0v) is 13.6. The Morgan fingerprint density at radius 1 is 1.39 bits per heavy atom. The monoisotopic (exact) mass is 339 g/mol. The summed E-state index contributed by atoms with van der Waals surface area (Å²) < 4.78 is 47.7. The first-order chi connectivity index (χ1) is 11.0. The lowest BCUT2D eigenvalue weighted by atomic mass is 10.1. The highest BCUT2D eigenvalue weighted by molar-refractivity contribution is 7.89. The molecule has 124 valence electrons. The second-order valence-corrected chi connectivity index (χ2v) is 7.15. The first-order valence-corrected chi connectivity index (χ1v) is 8.86. The molecule has 3 rings (SSSR count). The Balaban J connectivity index is 1.82. The van der Waals surface area contributed by atoms with Crippen LogP contribution in [-0.2, 0) is 29.5 Å². The SMILES string of the molecule is COc1ccc(F)cc1S(=O)(=O)NCc1cnn2c1CCCC2. The first-order valence-electron chi connectivity index (χ1n) is 7.38. The van der Waals surface area contributed by atoms with Gasteiger partial charge in [0.1, 0.15) is 16.5 Å². The number of aromatic nitrogens is 2. The molecule has 2 heterocycles. The quantitative estimate of drug-likeness (QED) is 0.902. The van der Waals surface area contributed by atoms with Gasteiger partial charge in [0.2, 0.25) is 10.0 Å². The number of halogens is 1. The van der Waals surface area contributed by atoms with Crippen molar-refractivity contribution >= 4 is 10.0 Å². The molecule has 0 aliphatic carbocycles. The van der Waals surface area contributed by atoms with Crippen LogP contribution < -0.4 is 9.46 Å². The summed E-state index contributed by atoms with van der Waals surface area (Å²) in [6.45, 7) is 0.983. The number of hydrogen-bond donors (Lipinski definition) is 1. The standard InChI is InChI=1S/C15H18FN3O3S/c1-22-14-6-5-12(16)8-15(14)23(20,21)18-10-11-9-17-19-7-3-2-4-13(11)19/h5-6,8-9,18H,2-4,7,10H2,1H3. The van der Waals surface area contributed by atoms with Crippen LogP contribution in [0.2, 0.25) is 0 Å². The number of sulfonamides is 1. The van der Waals surface area contributed by atoms with Gasteiger partial charge in [0.15, 0.2) is 0 Å². The van der Waals surface area contributed by atoms with Gasteiger partial charge in [-0.05, 0) is 37.5 Å². The van der Waals surface area contributed by atoms with Crippen molar-refractivity contribution in [1.82, 2.24) is 14.5 Å². The van der Waals surface area contributed by atoms with Crippen molar-refractivity contribution in [2.45, 2.75) is 37.2 Å². The molecule has 1 aliphatic rings. The summed E-state index contributed by atoms with van der Waals surface area (Å²) in [5.41, 5.74) is 1.91. The molecule has 1 aromatic carbocycles. The number of hydrogen-bond acceptors (Lipinski definition) is 4. The van der Waals surface area contributed by atoms with Crippen LogP contribution in [0.3, 0.4) is 0 Å².